The number of ether oxygens (including phenoxy) is 1. The maximum absolute atomic E-state index is 12.8. The molecule has 120 valence electrons. The number of rotatable bonds is 4. The predicted octanol–water partition coefficient (Wildman–Crippen LogP) is 2.71. The lowest BCUT2D eigenvalue weighted by Crippen LogP contribution is -2.61. The lowest BCUT2D eigenvalue weighted by Gasteiger charge is -2.44. The summed E-state index contributed by atoms with van der Waals surface area (Å²) < 4.78 is 43.2. The van der Waals surface area contributed by atoms with Gasteiger partial charge in [-0.3, -0.25) is 4.79 Å². The summed E-state index contributed by atoms with van der Waals surface area (Å²) in [5.41, 5.74) is -2.04. The van der Waals surface area contributed by atoms with Gasteiger partial charge in [-0.15, -0.1) is 0 Å². The van der Waals surface area contributed by atoms with Crippen molar-refractivity contribution in [2.75, 3.05) is 0 Å². The summed E-state index contributed by atoms with van der Waals surface area (Å²) in [5.74, 6) is -1.92. The minimum absolute atomic E-state index is 0.0112. The average molecular weight is 317 g/mol. The second-order valence-corrected chi connectivity index (χ2v) is 5.20. The fourth-order valence-electron chi connectivity index (χ4n) is 2.34. The summed E-state index contributed by atoms with van der Waals surface area (Å²) in [7, 11) is 0. The Hall–Kier alpha value is -2.25. The Morgan fingerprint density at radius 2 is 1.86 bits per heavy atom. The highest BCUT2D eigenvalue weighted by atomic mass is 19.4. The molecule has 0 aliphatic heterocycles. The van der Waals surface area contributed by atoms with Crippen LogP contribution in [0.4, 0.5) is 18.0 Å². The maximum atomic E-state index is 12.8. The van der Waals surface area contributed by atoms with E-state index >= 15 is 0 Å². The van der Waals surface area contributed by atoms with Gasteiger partial charge in [0.25, 0.3) is 0 Å². The summed E-state index contributed by atoms with van der Waals surface area (Å²) in [5, 5.41) is 11.0. The number of carboxylic acid groups (broad SMARTS) is 1. The Balaban J connectivity index is 1.82. The Labute approximate surface area is 124 Å². The molecular weight excluding hydrogens is 303 g/mol. The zero-order valence-electron chi connectivity index (χ0n) is 11.4. The summed E-state index contributed by atoms with van der Waals surface area (Å²) in [4.78, 5) is 22.3. The van der Waals surface area contributed by atoms with Gasteiger partial charge in [0, 0.05) is 6.04 Å². The molecule has 0 bridgehead atoms. The van der Waals surface area contributed by atoms with Crippen LogP contribution in [0.5, 0.6) is 0 Å². The summed E-state index contributed by atoms with van der Waals surface area (Å²) in [6, 6.07) is 7.91. The standard InChI is InChI=1S/C14H14F3NO4/c15-14(16,17)13(11(19)20)6-10(7-13)18-12(21)22-8-9-4-2-1-3-5-9/h1-5,10H,6-8H2,(H,18,21)(H,19,20). The van der Waals surface area contributed by atoms with Crippen LogP contribution in [0, 0.1) is 5.41 Å². The van der Waals surface area contributed by atoms with E-state index in [2.05, 4.69) is 5.32 Å². The van der Waals surface area contributed by atoms with Gasteiger partial charge in [0.15, 0.2) is 5.41 Å². The normalized spacial score (nSPS) is 24.2. The number of hydrogen-bond donors (Lipinski definition) is 2. The molecule has 8 heteroatoms. The van der Waals surface area contributed by atoms with E-state index in [-0.39, 0.29) is 6.61 Å². The van der Waals surface area contributed by atoms with Crippen molar-refractivity contribution in [1.29, 1.82) is 0 Å². The predicted molar refractivity (Wildman–Crippen MR) is 68.9 cm³/mol. The van der Waals surface area contributed by atoms with E-state index in [0.29, 0.717) is 0 Å². The van der Waals surface area contributed by atoms with Crippen molar-refractivity contribution in [3.8, 4) is 0 Å². The fourth-order valence-corrected chi connectivity index (χ4v) is 2.34. The van der Waals surface area contributed by atoms with E-state index in [9.17, 15) is 22.8 Å². The molecule has 1 fully saturated rings. The van der Waals surface area contributed by atoms with Gasteiger partial charge in [-0.2, -0.15) is 13.2 Å². The Bertz CT molecular complexity index is 553. The van der Waals surface area contributed by atoms with Crippen molar-refractivity contribution < 1.29 is 32.6 Å². The highest BCUT2D eigenvalue weighted by molar-refractivity contribution is 5.78. The zero-order valence-corrected chi connectivity index (χ0v) is 11.4. The molecule has 5 nitrogen and oxygen atoms in total. The molecule has 1 aromatic rings. The van der Waals surface area contributed by atoms with Gasteiger partial charge in [0.05, 0.1) is 0 Å². The molecule has 0 saturated heterocycles. The third kappa shape index (κ3) is 3.15. The Kier molecular flexibility index (Phi) is 4.30. The smallest absolute Gasteiger partial charge is 0.407 e. The molecule has 22 heavy (non-hydrogen) atoms. The molecular formula is C14H14F3NO4. The van der Waals surface area contributed by atoms with Gasteiger partial charge < -0.3 is 15.2 Å². The van der Waals surface area contributed by atoms with Crippen molar-refractivity contribution in [3.63, 3.8) is 0 Å². The minimum Gasteiger partial charge on any atom is -0.481 e. The molecule has 1 aliphatic rings. The largest absolute Gasteiger partial charge is 0.481 e. The molecule has 0 spiro atoms. The van der Waals surface area contributed by atoms with Crippen LogP contribution in [0.3, 0.4) is 0 Å². The van der Waals surface area contributed by atoms with Crippen LogP contribution in [0.2, 0.25) is 0 Å². The van der Waals surface area contributed by atoms with Gasteiger partial charge in [0.1, 0.15) is 6.61 Å². The van der Waals surface area contributed by atoms with Crippen molar-refractivity contribution in [2.45, 2.75) is 31.7 Å². The van der Waals surface area contributed by atoms with Crippen LogP contribution in [-0.4, -0.2) is 29.4 Å². The molecule has 1 amide bonds. The van der Waals surface area contributed by atoms with Crippen molar-refractivity contribution in [3.05, 3.63) is 35.9 Å². The lowest BCUT2D eigenvalue weighted by atomic mass is 9.65. The second-order valence-electron chi connectivity index (χ2n) is 5.20. The van der Waals surface area contributed by atoms with Crippen molar-refractivity contribution in [1.82, 2.24) is 5.32 Å². The van der Waals surface area contributed by atoms with Crippen LogP contribution in [0.25, 0.3) is 0 Å². The van der Waals surface area contributed by atoms with E-state index in [1.165, 1.54) is 0 Å². The van der Waals surface area contributed by atoms with Crippen molar-refractivity contribution in [2.24, 2.45) is 5.41 Å². The molecule has 0 unspecified atom stereocenters. The molecule has 0 radical (unpaired) electrons. The minimum atomic E-state index is -4.84. The molecule has 0 heterocycles. The third-order valence-electron chi connectivity index (χ3n) is 3.68. The third-order valence-corrected chi connectivity index (χ3v) is 3.68. The van der Waals surface area contributed by atoms with Crippen LogP contribution in [-0.2, 0) is 16.1 Å². The van der Waals surface area contributed by atoms with Crippen LogP contribution in [0.1, 0.15) is 18.4 Å². The number of halogens is 3. The number of alkyl carbamates (subject to hydrolysis) is 1. The number of nitrogens with one attached hydrogen (secondary N) is 1. The first-order chi connectivity index (χ1) is 10.2. The van der Waals surface area contributed by atoms with Gasteiger partial charge in [0.2, 0.25) is 0 Å². The van der Waals surface area contributed by atoms with Gasteiger partial charge >= 0.3 is 18.2 Å². The van der Waals surface area contributed by atoms with Crippen LogP contribution >= 0.6 is 0 Å². The maximum Gasteiger partial charge on any atom is 0.407 e. The second kappa shape index (κ2) is 5.86. The summed E-state index contributed by atoms with van der Waals surface area (Å²) in [6.45, 7) is -0.0112. The first kappa shape index (κ1) is 16.1. The number of amides is 1. The van der Waals surface area contributed by atoms with E-state index in [1.54, 1.807) is 30.3 Å². The van der Waals surface area contributed by atoms with E-state index < -0.39 is 42.5 Å². The van der Waals surface area contributed by atoms with Gasteiger partial charge in [-0.05, 0) is 18.4 Å². The van der Waals surface area contributed by atoms with E-state index in [0.717, 1.165) is 5.56 Å². The number of benzene rings is 1. The van der Waals surface area contributed by atoms with Crippen LogP contribution < -0.4 is 5.32 Å². The van der Waals surface area contributed by atoms with Gasteiger partial charge in [-0.25, -0.2) is 4.79 Å². The number of hydrogen-bond acceptors (Lipinski definition) is 3. The number of aliphatic carboxylic acids is 1. The number of carboxylic acids is 1. The summed E-state index contributed by atoms with van der Waals surface area (Å²) in [6.07, 6.45) is -7.08. The highest BCUT2D eigenvalue weighted by Gasteiger charge is 2.67. The molecule has 0 aromatic heterocycles. The van der Waals surface area contributed by atoms with Gasteiger partial charge in [-0.1, -0.05) is 30.3 Å². The highest BCUT2D eigenvalue weighted by Crippen LogP contribution is 2.53. The quantitative estimate of drug-likeness (QED) is 0.895. The lowest BCUT2D eigenvalue weighted by molar-refractivity contribution is -0.256. The molecule has 1 aromatic carbocycles. The Morgan fingerprint density at radius 1 is 1.27 bits per heavy atom. The fraction of sp³-hybridized carbons (Fsp3) is 0.429. The molecule has 1 saturated carbocycles. The average Bonchev–Trinajstić information content (AvgIpc) is 2.39. The van der Waals surface area contributed by atoms with Crippen LogP contribution in [0.15, 0.2) is 30.3 Å². The number of alkyl halides is 3. The molecule has 2 rings (SSSR count). The number of carbonyl (C=O) groups excluding carboxylic acids is 1. The monoisotopic (exact) mass is 317 g/mol. The molecule has 2 N–H and O–H groups in total. The first-order valence-corrected chi connectivity index (χ1v) is 6.52. The van der Waals surface area contributed by atoms with E-state index in [4.69, 9.17) is 9.84 Å². The number of carbonyl (C=O) groups is 2. The first-order valence-electron chi connectivity index (χ1n) is 6.52. The zero-order chi connectivity index (χ0) is 16.4. The molecule has 1 aliphatic carbocycles. The topological polar surface area (TPSA) is 75.6 Å². The SMILES string of the molecule is O=C(NC1CC(C(=O)O)(C(F)(F)F)C1)OCc1ccccc1. The molecule has 0 atom stereocenters. The van der Waals surface area contributed by atoms with E-state index in [1.807, 2.05) is 0 Å². The van der Waals surface area contributed by atoms with Crippen molar-refractivity contribution >= 4 is 12.1 Å². The Morgan fingerprint density at radius 3 is 2.36 bits per heavy atom. The summed E-state index contributed by atoms with van der Waals surface area (Å²) >= 11 is 0.